The van der Waals surface area contributed by atoms with Crippen molar-refractivity contribution in [2.24, 2.45) is 0 Å². The first-order chi connectivity index (χ1) is 13.0. The second-order valence-electron chi connectivity index (χ2n) is 6.37. The predicted molar refractivity (Wildman–Crippen MR) is 95.1 cm³/mol. The van der Waals surface area contributed by atoms with Crippen LogP contribution < -0.4 is 5.56 Å². The van der Waals surface area contributed by atoms with Gasteiger partial charge in [-0.2, -0.15) is 0 Å². The zero-order valence-corrected chi connectivity index (χ0v) is 14.3. The highest BCUT2D eigenvalue weighted by molar-refractivity contribution is 5.53. The van der Waals surface area contributed by atoms with Gasteiger partial charge in [0.2, 0.25) is 5.75 Å². The van der Waals surface area contributed by atoms with Crippen LogP contribution in [0.2, 0.25) is 0 Å². The van der Waals surface area contributed by atoms with Crippen LogP contribution in [-0.4, -0.2) is 46.7 Å². The topological polar surface area (TPSA) is 135 Å². The molecule has 0 atom stereocenters. The SMILES string of the molecule is O=c1[nH]c(-c2cncnc2)nc2c1CCN(Cc1ccc(O)c(O)c1O)C2. The summed E-state index contributed by atoms with van der Waals surface area (Å²) in [5, 5.41) is 29.2. The fraction of sp³-hybridized carbons (Fsp3) is 0.222. The molecule has 0 radical (unpaired) electrons. The van der Waals surface area contributed by atoms with Gasteiger partial charge in [0, 0.05) is 43.2 Å². The molecule has 9 heteroatoms. The van der Waals surface area contributed by atoms with Gasteiger partial charge in [0.15, 0.2) is 11.5 Å². The molecule has 0 unspecified atom stereocenters. The van der Waals surface area contributed by atoms with Crippen molar-refractivity contribution in [2.45, 2.75) is 19.5 Å². The number of aromatic nitrogens is 4. The highest BCUT2D eigenvalue weighted by atomic mass is 16.3. The maximum absolute atomic E-state index is 12.4. The first kappa shape index (κ1) is 17.0. The number of aromatic hydroxyl groups is 3. The van der Waals surface area contributed by atoms with Crippen molar-refractivity contribution < 1.29 is 15.3 Å². The van der Waals surface area contributed by atoms with Crippen molar-refractivity contribution in [1.82, 2.24) is 24.8 Å². The molecule has 0 fully saturated rings. The number of aromatic amines is 1. The Morgan fingerprint density at radius 3 is 2.67 bits per heavy atom. The predicted octanol–water partition coefficient (Wildman–Crippen LogP) is 0.902. The van der Waals surface area contributed by atoms with Crippen LogP contribution in [0.3, 0.4) is 0 Å². The first-order valence-corrected chi connectivity index (χ1v) is 8.35. The Kier molecular flexibility index (Phi) is 4.21. The van der Waals surface area contributed by atoms with Crippen LogP contribution in [-0.2, 0) is 19.5 Å². The van der Waals surface area contributed by atoms with Crippen LogP contribution in [0.4, 0.5) is 0 Å². The van der Waals surface area contributed by atoms with Crippen LogP contribution in [0.1, 0.15) is 16.8 Å². The molecule has 1 aliphatic rings. The second-order valence-corrected chi connectivity index (χ2v) is 6.37. The second kappa shape index (κ2) is 6.69. The minimum atomic E-state index is -0.536. The quantitative estimate of drug-likeness (QED) is 0.502. The molecule has 0 spiro atoms. The highest BCUT2D eigenvalue weighted by Crippen LogP contribution is 2.37. The first-order valence-electron chi connectivity index (χ1n) is 8.35. The van der Waals surface area contributed by atoms with Gasteiger partial charge in [0.1, 0.15) is 12.2 Å². The summed E-state index contributed by atoms with van der Waals surface area (Å²) in [6, 6.07) is 2.89. The van der Waals surface area contributed by atoms with Gasteiger partial charge in [-0.25, -0.2) is 15.0 Å². The monoisotopic (exact) mass is 367 g/mol. The smallest absolute Gasteiger partial charge is 0.254 e. The third kappa shape index (κ3) is 3.20. The number of H-pyrrole nitrogens is 1. The average Bonchev–Trinajstić information content (AvgIpc) is 2.69. The van der Waals surface area contributed by atoms with Crippen LogP contribution in [0.5, 0.6) is 17.2 Å². The van der Waals surface area contributed by atoms with Crippen LogP contribution >= 0.6 is 0 Å². The third-order valence-electron chi connectivity index (χ3n) is 4.59. The minimum absolute atomic E-state index is 0.177. The molecule has 0 saturated carbocycles. The van der Waals surface area contributed by atoms with Crippen molar-refractivity contribution in [3.8, 4) is 28.6 Å². The Labute approximate surface area is 153 Å². The lowest BCUT2D eigenvalue weighted by Crippen LogP contribution is -2.35. The molecule has 0 amide bonds. The van der Waals surface area contributed by atoms with Gasteiger partial charge in [0.05, 0.1) is 11.3 Å². The Morgan fingerprint density at radius 2 is 1.89 bits per heavy atom. The van der Waals surface area contributed by atoms with E-state index in [-0.39, 0.29) is 17.1 Å². The molecule has 0 aliphatic carbocycles. The van der Waals surface area contributed by atoms with E-state index in [0.29, 0.717) is 54.3 Å². The molecule has 3 heterocycles. The molecular formula is C18H17N5O4. The van der Waals surface area contributed by atoms with Crippen LogP contribution in [0.15, 0.2) is 35.6 Å². The number of phenols is 3. The van der Waals surface area contributed by atoms with E-state index in [1.807, 2.05) is 4.90 Å². The minimum Gasteiger partial charge on any atom is -0.504 e. The number of rotatable bonds is 3. The van der Waals surface area contributed by atoms with E-state index in [9.17, 15) is 20.1 Å². The number of hydrogen-bond donors (Lipinski definition) is 4. The summed E-state index contributed by atoms with van der Waals surface area (Å²) in [4.78, 5) is 29.6. The lowest BCUT2D eigenvalue weighted by atomic mass is 10.0. The summed E-state index contributed by atoms with van der Waals surface area (Å²) in [6.45, 7) is 1.37. The van der Waals surface area contributed by atoms with E-state index in [2.05, 4.69) is 19.9 Å². The summed E-state index contributed by atoms with van der Waals surface area (Å²) in [7, 11) is 0. The fourth-order valence-electron chi connectivity index (χ4n) is 3.17. The van der Waals surface area contributed by atoms with Crippen molar-refractivity contribution in [3.63, 3.8) is 0 Å². The van der Waals surface area contributed by atoms with Crippen LogP contribution in [0.25, 0.3) is 11.4 Å². The third-order valence-corrected chi connectivity index (χ3v) is 4.59. The van der Waals surface area contributed by atoms with E-state index in [1.165, 1.54) is 12.4 Å². The largest absolute Gasteiger partial charge is 0.504 e. The summed E-state index contributed by atoms with van der Waals surface area (Å²) in [5.41, 5.74) is 2.23. The number of hydrogen-bond acceptors (Lipinski definition) is 8. The van der Waals surface area contributed by atoms with Crippen molar-refractivity contribution >= 4 is 0 Å². The summed E-state index contributed by atoms with van der Waals surface area (Å²) in [5.74, 6) is -0.845. The maximum atomic E-state index is 12.4. The van der Waals surface area contributed by atoms with Gasteiger partial charge >= 0.3 is 0 Å². The normalized spacial score (nSPS) is 14.1. The van der Waals surface area contributed by atoms with Crippen molar-refractivity contribution in [3.05, 3.63) is 58.0 Å². The number of nitrogens with zero attached hydrogens (tertiary/aromatic N) is 4. The molecule has 27 heavy (non-hydrogen) atoms. The van der Waals surface area contributed by atoms with E-state index >= 15 is 0 Å². The number of phenolic OH excluding ortho intramolecular Hbond substituents is 3. The van der Waals surface area contributed by atoms with Gasteiger partial charge in [-0.3, -0.25) is 9.69 Å². The fourth-order valence-corrected chi connectivity index (χ4v) is 3.17. The zero-order chi connectivity index (χ0) is 19.0. The van der Waals surface area contributed by atoms with Gasteiger partial charge in [-0.15, -0.1) is 0 Å². The van der Waals surface area contributed by atoms with E-state index in [1.54, 1.807) is 18.5 Å². The molecule has 2 aromatic heterocycles. The van der Waals surface area contributed by atoms with Gasteiger partial charge < -0.3 is 20.3 Å². The number of nitrogens with one attached hydrogen (secondary N) is 1. The van der Waals surface area contributed by atoms with Gasteiger partial charge in [-0.1, -0.05) is 6.07 Å². The molecule has 138 valence electrons. The molecule has 1 aliphatic heterocycles. The highest BCUT2D eigenvalue weighted by Gasteiger charge is 2.23. The summed E-state index contributed by atoms with van der Waals surface area (Å²) >= 11 is 0. The Bertz CT molecular complexity index is 1050. The molecule has 9 nitrogen and oxygen atoms in total. The Balaban J connectivity index is 1.62. The number of fused-ring (bicyclic) bond motifs is 1. The number of benzene rings is 1. The maximum Gasteiger partial charge on any atom is 0.254 e. The van der Waals surface area contributed by atoms with E-state index in [4.69, 9.17) is 0 Å². The summed E-state index contributed by atoms with van der Waals surface area (Å²) in [6.07, 6.45) is 5.08. The molecule has 0 bridgehead atoms. The van der Waals surface area contributed by atoms with Gasteiger partial charge in [0.25, 0.3) is 5.56 Å². The van der Waals surface area contributed by atoms with E-state index < -0.39 is 5.75 Å². The molecule has 1 aromatic carbocycles. The zero-order valence-electron chi connectivity index (χ0n) is 14.3. The molecular weight excluding hydrogens is 350 g/mol. The Morgan fingerprint density at radius 1 is 1.11 bits per heavy atom. The average molecular weight is 367 g/mol. The Hall–Kier alpha value is -3.46. The van der Waals surface area contributed by atoms with Crippen molar-refractivity contribution in [2.75, 3.05) is 6.54 Å². The standard InChI is InChI=1S/C18H17N5O4/c24-14-2-1-10(15(25)16(14)26)7-23-4-3-12-13(8-23)21-17(22-18(12)27)11-5-19-9-20-6-11/h1-2,5-6,9,24-26H,3-4,7-8H2,(H,21,22,27). The lowest BCUT2D eigenvalue weighted by molar-refractivity contribution is 0.236. The van der Waals surface area contributed by atoms with Gasteiger partial charge in [-0.05, 0) is 12.5 Å². The summed E-state index contributed by atoms with van der Waals surface area (Å²) < 4.78 is 0. The molecule has 3 aromatic rings. The molecule has 4 N–H and O–H groups in total. The molecule has 0 saturated heterocycles. The van der Waals surface area contributed by atoms with Crippen LogP contribution in [0, 0.1) is 0 Å². The van der Waals surface area contributed by atoms with Crippen molar-refractivity contribution in [1.29, 1.82) is 0 Å². The molecule has 4 rings (SSSR count). The van der Waals surface area contributed by atoms with E-state index in [0.717, 1.165) is 0 Å². The lowest BCUT2D eigenvalue weighted by Gasteiger charge is -2.28.